The number of benzene rings is 2. The van der Waals surface area contributed by atoms with Gasteiger partial charge in [0.15, 0.2) is 10.7 Å². The number of carbonyl (C=O) groups is 1. The molecule has 2 aromatic carbocycles. The van der Waals surface area contributed by atoms with Crippen LogP contribution in [0.25, 0.3) is 22.6 Å². The third-order valence-electron chi connectivity index (χ3n) is 3.32. The second-order valence-corrected chi connectivity index (χ2v) is 6.30. The molecule has 1 amide bonds. The Morgan fingerprint density at radius 3 is 2.83 bits per heavy atom. The minimum atomic E-state index is -0.133. The molecule has 0 bridgehead atoms. The number of oxazole rings is 1. The van der Waals surface area contributed by atoms with Crippen molar-refractivity contribution in [1.29, 1.82) is 0 Å². The van der Waals surface area contributed by atoms with Crippen molar-refractivity contribution in [2.45, 2.75) is 13.3 Å². The van der Waals surface area contributed by atoms with E-state index in [1.54, 1.807) is 6.92 Å². The molecular weight excluding hydrogens is 390 g/mol. The van der Waals surface area contributed by atoms with Crippen LogP contribution >= 0.6 is 28.1 Å². The Balaban J connectivity index is 1.85. The van der Waals surface area contributed by atoms with E-state index in [4.69, 9.17) is 16.6 Å². The molecule has 1 heterocycles. The molecule has 0 saturated carbocycles. The van der Waals surface area contributed by atoms with Gasteiger partial charge in [0.2, 0.25) is 11.8 Å². The lowest BCUT2D eigenvalue weighted by Crippen LogP contribution is -2.33. The topological polar surface area (TPSA) is 67.2 Å². The first kappa shape index (κ1) is 16.6. The Bertz CT molecular complexity index is 923. The predicted octanol–water partition coefficient (Wildman–Crippen LogP) is 4.48. The van der Waals surface area contributed by atoms with Crippen molar-refractivity contribution in [3.63, 3.8) is 0 Å². The summed E-state index contributed by atoms with van der Waals surface area (Å²) in [7, 11) is 0. The Labute approximate surface area is 152 Å². The van der Waals surface area contributed by atoms with Gasteiger partial charge < -0.3 is 15.1 Å². The van der Waals surface area contributed by atoms with E-state index < -0.39 is 0 Å². The number of nitrogens with one attached hydrogen (secondary N) is 2. The van der Waals surface area contributed by atoms with Gasteiger partial charge in [-0.3, -0.25) is 4.79 Å². The Morgan fingerprint density at radius 2 is 2.08 bits per heavy atom. The molecule has 7 heteroatoms. The van der Waals surface area contributed by atoms with Crippen molar-refractivity contribution < 1.29 is 9.21 Å². The highest BCUT2D eigenvalue weighted by atomic mass is 79.9. The second-order valence-electron chi connectivity index (χ2n) is 5.04. The summed E-state index contributed by atoms with van der Waals surface area (Å²) < 4.78 is 6.72. The molecule has 3 aromatic rings. The summed E-state index contributed by atoms with van der Waals surface area (Å²) in [6.07, 6.45) is 0.374. The molecule has 1 aromatic heterocycles. The monoisotopic (exact) mass is 403 g/mol. The third kappa shape index (κ3) is 3.63. The Kier molecular flexibility index (Phi) is 4.92. The van der Waals surface area contributed by atoms with Crippen molar-refractivity contribution in [3.8, 4) is 11.5 Å². The normalized spacial score (nSPS) is 10.6. The number of halogens is 1. The van der Waals surface area contributed by atoms with Gasteiger partial charge in [-0.05, 0) is 58.5 Å². The lowest BCUT2D eigenvalue weighted by molar-refractivity contribution is -0.119. The van der Waals surface area contributed by atoms with Crippen molar-refractivity contribution >= 4 is 56.0 Å². The maximum atomic E-state index is 11.3. The van der Waals surface area contributed by atoms with E-state index in [2.05, 4.69) is 31.5 Å². The van der Waals surface area contributed by atoms with E-state index >= 15 is 0 Å². The van der Waals surface area contributed by atoms with Crippen molar-refractivity contribution in [2.24, 2.45) is 0 Å². The maximum Gasteiger partial charge on any atom is 0.228 e. The fraction of sp³-hybridized carbons (Fsp3) is 0.118. The molecule has 5 nitrogen and oxygen atoms in total. The van der Waals surface area contributed by atoms with E-state index in [0.29, 0.717) is 23.4 Å². The smallest absolute Gasteiger partial charge is 0.228 e. The Morgan fingerprint density at radius 1 is 1.29 bits per heavy atom. The van der Waals surface area contributed by atoms with Crippen LogP contribution in [0.5, 0.6) is 0 Å². The van der Waals surface area contributed by atoms with Crippen LogP contribution in [0.4, 0.5) is 5.69 Å². The predicted molar refractivity (Wildman–Crippen MR) is 102 cm³/mol. The summed E-state index contributed by atoms with van der Waals surface area (Å²) in [6.45, 7) is 1.77. The molecule has 0 atom stereocenters. The first-order chi connectivity index (χ1) is 11.6. The fourth-order valence-corrected chi connectivity index (χ4v) is 2.82. The highest BCUT2D eigenvalue weighted by Crippen LogP contribution is 2.30. The van der Waals surface area contributed by atoms with Crippen LogP contribution < -0.4 is 10.6 Å². The van der Waals surface area contributed by atoms with E-state index in [0.717, 1.165) is 15.7 Å². The average molecular weight is 404 g/mol. The van der Waals surface area contributed by atoms with Gasteiger partial charge in [-0.25, -0.2) is 4.98 Å². The van der Waals surface area contributed by atoms with Gasteiger partial charge >= 0.3 is 0 Å². The number of aromatic nitrogens is 1. The van der Waals surface area contributed by atoms with E-state index in [9.17, 15) is 4.79 Å². The van der Waals surface area contributed by atoms with Gasteiger partial charge in [-0.1, -0.05) is 19.1 Å². The number of anilines is 1. The van der Waals surface area contributed by atoms with E-state index in [-0.39, 0.29) is 11.0 Å². The van der Waals surface area contributed by atoms with Crippen LogP contribution in [0.3, 0.4) is 0 Å². The Hall–Kier alpha value is -2.25. The highest BCUT2D eigenvalue weighted by molar-refractivity contribution is 9.10. The zero-order valence-electron chi connectivity index (χ0n) is 12.8. The molecule has 3 rings (SSSR count). The lowest BCUT2D eigenvalue weighted by Gasteiger charge is -2.08. The molecule has 122 valence electrons. The molecule has 0 saturated heterocycles. The minimum absolute atomic E-state index is 0.133. The van der Waals surface area contributed by atoms with Crippen LogP contribution in [0.2, 0.25) is 0 Å². The van der Waals surface area contributed by atoms with Crippen molar-refractivity contribution in [2.75, 3.05) is 5.32 Å². The molecular formula is C17H14BrN3O2S. The minimum Gasteiger partial charge on any atom is -0.436 e. The number of carbonyl (C=O) groups excluding carboxylic acids is 1. The highest BCUT2D eigenvalue weighted by Gasteiger charge is 2.11. The van der Waals surface area contributed by atoms with Gasteiger partial charge in [0.1, 0.15) is 5.52 Å². The zero-order chi connectivity index (χ0) is 17.1. The number of fused-ring (bicyclic) bond motifs is 1. The number of thiocarbonyl (C=S) groups is 1. The summed E-state index contributed by atoms with van der Waals surface area (Å²) in [6, 6.07) is 13.2. The first-order valence-electron chi connectivity index (χ1n) is 7.33. The molecule has 0 radical (unpaired) electrons. The van der Waals surface area contributed by atoms with Crippen molar-refractivity contribution in [3.05, 3.63) is 46.9 Å². The van der Waals surface area contributed by atoms with Gasteiger partial charge in [-0.15, -0.1) is 0 Å². The maximum absolute atomic E-state index is 11.3. The van der Waals surface area contributed by atoms with Crippen LogP contribution in [0.15, 0.2) is 51.4 Å². The second kappa shape index (κ2) is 7.11. The molecule has 0 aliphatic heterocycles. The molecule has 0 unspecified atom stereocenters. The molecule has 0 fully saturated rings. The first-order valence-corrected chi connectivity index (χ1v) is 8.53. The zero-order valence-corrected chi connectivity index (χ0v) is 15.2. The summed E-state index contributed by atoms with van der Waals surface area (Å²) in [4.78, 5) is 15.9. The van der Waals surface area contributed by atoms with Crippen LogP contribution in [0.1, 0.15) is 13.3 Å². The molecule has 0 spiro atoms. The standard InChI is InChI=1S/C17H14BrN3O2S/c1-2-15(22)21-17(24)19-10-7-8-14-13(9-10)20-16(23-14)11-5-3-4-6-12(11)18/h3-9H,2H2,1H3,(H2,19,21,22,24). The molecule has 0 aliphatic carbocycles. The SMILES string of the molecule is CCC(=O)NC(=S)Nc1ccc2oc(-c3ccccc3Br)nc2c1. The van der Waals surface area contributed by atoms with Crippen LogP contribution in [0, 0.1) is 0 Å². The summed E-state index contributed by atoms with van der Waals surface area (Å²) in [5, 5.41) is 5.82. The largest absolute Gasteiger partial charge is 0.436 e. The summed E-state index contributed by atoms with van der Waals surface area (Å²) in [5.41, 5.74) is 3.00. The third-order valence-corrected chi connectivity index (χ3v) is 4.22. The van der Waals surface area contributed by atoms with E-state index in [1.165, 1.54) is 0 Å². The average Bonchev–Trinajstić information content (AvgIpc) is 2.98. The fourth-order valence-electron chi connectivity index (χ4n) is 2.13. The molecule has 2 N–H and O–H groups in total. The van der Waals surface area contributed by atoms with Gasteiger partial charge in [0.05, 0.1) is 5.56 Å². The van der Waals surface area contributed by atoms with Crippen LogP contribution in [-0.2, 0) is 4.79 Å². The van der Waals surface area contributed by atoms with Gasteiger partial charge in [0.25, 0.3) is 0 Å². The molecule has 0 aliphatic rings. The van der Waals surface area contributed by atoms with Gasteiger partial charge in [-0.2, -0.15) is 0 Å². The number of amides is 1. The number of hydrogen-bond acceptors (Lipinski definition) is 4. The molecule has 24 heavy (non-hydrogen) atoms. The number of nitrogens with zero attached hydrogens (tertiary/aromatic N) is 1. The summed E-state index contributed by atoms with van der Waals surface area (Å²) in [5.74, 6) is 0.405. The van der Waals surface area contributed by atoms with Crippen LogP contribution in [-0.4, -0.2) is 16.0 Å². The quantitative estimate of drug-likeness (QED) is 0.630. The summed E-state index contributed by atoms with van der Waals surface area (Å²) >= 11 is 8.60. The lowest BCUT2D eigenvalue weighted by atomic mass is 10.2. The van der Waals surface area contributed by atoms with Gasteiger partial charge in [0, 0.05) is 16.6 Å². The number of rotatable bonds is 3. The van der Waals surface area contributed by atoms with Crippen molar-refractivity contribution in [1.82, 2.24) is 10.3 Å². The number of hydrogen-bond donors (Lipinski definition) is 2. The van der Waals surface area contributed by atoms with E-state index in [1.807, 2.05) is 42.5 Å².